The lowest BCUT2D eigenvalue weighted by atomic mass is 9.43. The van der Waals surface area contributed by atoms with E-state index in [1.165, 1.54) is 30.5 Å². The molecule has 1 unspecified atom stereocenters. The standard InChI is InChI=1S/C31H44N2O4/c1-28(2,3)29(4,35)21-15-30-11-10-19(21)25(36-5)26-31(30)12-13-33(16-17-6-7-17)22(30)14-18-8-9-20(27(32)34)24(37-26)23(18)31/h8-9,17,19,21-22,25-26,35H,6-7,10-16H2,1-5H3,(H2,32,34)/t19-,21+,22-,25?,26+,29+,30-,31+/m1/s1. The number of benzene rings is 1. The van der Waals surface area contributed by atoms with Gasteiger partial charge >= 0.3 is 0 Å². The van der Waals surface area contributed by atoms with Crippen molar-refractivity contribution < 1.29 is 19.4 Å². The molecule has 1 saturated heterocycles. The molecule has 2 aliphatic heterocycles. The topological polar surface area (TPSA) is 85.0 Å². The summed E-state index contributed by atoms with van der Waals surface area (Å²) in [7, 11) is 1.82. The normalized spacial score (nSPS) is 41.5. The number of amides is 1. The lowest BCUT2D eigenvalue weighted by molar-refractivity contribution is -0.166. The van der Waals surface area contributed by atoms with Crippen LogP contribution in [0.4, 0.5) is 0 Å². The van der Waals surface area contributed by atoms with Gasteiger partial charge in [-0.1, -0.05) is 26.8 Å². The summed E-state index contributed by atoms with van der Waals surface area (Å²) < 4.78 is 13.4. The van der Waals surface area contributed by atoms with E-state index in [2.05, 4.69) is 38.7 Å². The molecule has 1 aromatic carbocycles. The minimum absolute atomic E-state index is 0.0248. The zero-order valence-corrected chi connectivity index (χ0v) is 23.2. The van der Waals surface area contributed by atoms with Gasteiger partial charge in [0.2, 0.25) is 0 Å². The number of carbonyl (C=O) groups excluding carboxylic acids is 1. The summed E-state index contributed by atoms with van der Waals surface area (Å²) >= 11 is 0. The predicted molar refractivity (Wildman–Crippen MR) is 142 cm³/mol. The number of primary amides is 1. The molecular formula is C31H44N2O4. The third kappa shape index (κ3) is 2.90. The van der Waals surface area contributed by atoms with Crippen LogP contribution in [0.2, 0.25) is 0 Å². The van der Waals surface area contributed by atoms with Crippen LogP contribution in [0, 0.1) is 28.6 Å². The van der Waals surface area contributed by atoms with E-state index in [4.69, 9.17) is 15.2 Å². The number of likely N-dealkylation sites (tertiary alicyclic amines) is 1. The van der Waals surface area contributed by atoms with Crippen LogP contribution in [0.1, 0.15) is 87.7 Å². The van der Waals surface area contributed by atoms with Crippen LogP contribution in [0.15, 0.2) is 12.1 Å². The van der Waals surface area contributed by atoms with Gasteiger partial charge in [0.05, 0.1) is 17.3 Å². The molecule has 5 fully saturated rings. The average Bonchev–Trinajstić information content (AvgIpc) is 3.61. The Hall–Kier alpha value is -1.63. The van der Waals surface area contributed by atoms with Crippen LogP contribution in [-0.2, 0) is 16.6 Å². The fraction of sp³-hybridized carbons (Fsp3) is 0.774. The molecule has 1 amide bonds. The second kappa shape index (κ2) is 7.51. The van der Waals surface area contributed by atoms with Gasteiger partial charge in [-0.2, -0.15) is 0 Å². The van der Waals surface area contributed by atoms with Gasteiger partial charge in [-0.05, 0) is 93.2 Å². The maximum atomic E-state index is 12.6. The number of fused-ring (bicyclic) bond motifs is 2. The highest BCUT2D eigenvalue weighted by Crippen LogP contribution is 2.74. The van der Waals surface area contributed by atoms with Gasteiger partial charge in [-0.25, -0.2) is 0 Å². The van der Waals surface area contributed by atoms with E-state index in [9.17, 15) is 9.90 Å². The SMILES string of the molecule is COC1[C@@H]2CC[C@@]3(C[C@@H]2[C@](C)(O)C(C)(C)C)[C@H]2Cc4ccc(C(N)=O)c5c4[C@@]3(CCN2CC2CC2)[C@H]1O5. The molecule has 37 heavy (non-hydrogen) atoms. The molecule has 2 spiro atoms. The molecule has 202 valence electrons. The van der Waals surface area contributed by atoms with Crippen LogP contribution >= 0.6 is 0 Å². The smallest absolute Gasteiger partial charge is 0.252 e. The number of hydrogen-bond donors (Lipinski definition) is 2. The van der Waals surface area contributed by atoms with Crippen molar-refractivity contribution in [2.45, 2.75) is 102 Å². The Labute approximate surface area is 221 Å². The number of nitrogens with zero attached hydrogens (tertiary/aromatic N) is 1. The molecule has 8 rings (SSSR count). The third-order valence-corrected chi connectivity index (χ3v) is 12.3. The predicted octanol–water partition coefficient (Wildman–Crippen LogP) is 4.05. The summed E-state index contributed by atoms with van der Waals surface area (Å²) in [6, 6.07) is 4.47. The van der Waals surface area contributed by atoms with Crippen molar-refractivity contribution in [3.8, 4) is 5.75 Å². The molecule has 2 heterocycles. The lowest BCUT2D eigenvalue weighted by Gasteiger charge is -2.65. The summed E-state index contributed by atoms with van der Waals surface area (Å²) in [6.45, 7) is 10.8. The molecule has 0 aromatic heterocycles. The number of nitrogens with two attached hydrogens (primary N) is 1. The Balaban J connectivity index is 1.48. The second-order valence-electron chi connectivity index (χ2n) is 14.5. The van der Waals surface area contributed by atoms with Crippen molar-refractivity contribution in [1.29, 1.82) is 0 Å². The van der Waals surface area contributed by atoms with E-state index in [-0.39, 0.29) is 40.3 Å². The first-order valence-electron chi connectivity index (χ1n) is 14.6. The Morgan fingerprint density at radius 2 is 1.97 bits per heavy atom. The van der Waals surface area contributed by atoms with Gasteiger partial charge < -0.3 is 20.3 Å². The Morgan fingerprint density at radius 1 is 1.22 bits per heavy atom. The molecule has 5 aliphatic carbocycles. The molecule has 4 saturated carbocycles. The zero-order valence-electron chi connectivity index (χ0n) is 23.2. The molecule has 6 heteroatoms. The van der Waals surface area contributed by atoms with Gasteiger partial charge in [0.15, 0.2) is 0 Å². The molecule has 6 nitrogen and oxygen atoms in total. The van der Waals surface area contributed by atoms with Gasteiger partial charge in [0.1, 0.15) is 11.9 Å². The summed E-state index contributed by atoms with van der Waals surface area (Å²) in [5.41, 5.74) is 7.66. The second-order valence-corrected chi connectivity index (χ2v) is 14.5. The zero-order chi connectivity index (χ0) is 26.1. The van der Waals surface area contributed by atoms with Crippen molar-refractivity contribution in [1.82, 2.24) is 4.90 Å². The van der Waals surface area contributed by atoms with Gasteiger partial charge in [0, 0.05) is 36.1 Å². The minimum atomic E-state index is -0.842. The maximum Gasteiger partial charge on any atom is 0.252 e. The van der Waals surface area contributed by atoms with E-state index in [1.807, 2.05) is 13.2 Å². The number of hydrogen-bond acceptors (Lipinski definition) is 5. The molecule has 1 aromatic rings. The van der Waals surface area contributed by atoms with E-state index >= 15 is 0 Å². The monoisotopic (exact) mass is 508 g/mol. The number of carbonyl (C=O) groups is 1. The van der Waals surface area contributed by atoms with Crippen molar-refractivity contribution in [3.05, 3.63) is 28.8 Å². The number of ether oxygens (including phenoxy) is 2. The van der Waals surface area contributed by atoms with Crippen LogP contribution in [0.5, 0.6) is 5.75 Å². The summed E-state index contributed by atoms with van der Waals surface area (Å²) in [5.74, 6) is 1.46. The average molecular weight is 509 g/mol. The highest BCUT2D eigenvalue weighted by Gasteiger charge is 2.76. The van der Waals surface area contributed by atoms with Crippen molar-refractivity contribution >= 4 is 5.91 Å². The Bertz CT molecular complexity index is 1150. The Kier molecular flexibility index (Phi) is 4.96. The van der Waals surface area contributed by atoms with Crippen LogP contribution in [0.25, 0.3) is 0 Å². The first kappa shape index (κ1) is 24.4. The minimum Gasteiger partial charge on any atom is -0.486 e. The number of methoxy groups -OCH3 is 1. The first-order chi connectivity index (χ1) is 17.5. The highest BCUT2D eigenvalue weighted by atomic mass is 16.5. The van der Waals surface area contributed by atoms with Crippen LogP contribution < -0.4 is 10.5 Å². The fourth-order valence-electron chi connectivity index (χ4n) is 9.94. The van der Waals surface area contributed by atoms with Crippen molar-refractivity contribution in [2.24, 2.45) is 34.3 Å². The number of piperidine rings is 1. The molecule has 0 radical (unpaired) electrons. The quantitative estimate of drug-likeness (QED) is 0.627. The number of aliphatic hydroxyl groups is 1. The third-order valence-electron chi connectivity index (χ3n) is 12.3. The number of rotatable bonds is 5. The summed E-state index contributed by atoms with van der Waals surface area (Å²) in [5, 5.41) is 12.2. The highest BCUT2D eigenvalue weighted by molar-refractivity contribution is 5.97. The van der Waals surface area contributed by atoms with Crippen molar-refractivity contribution in [2.75, 3.05) is 20.2 Å². The van der Waals surface area contributed by atoms with Gasteiger partial charge in [-0.15, -0.1) is 0 Å². The molecule has 4 bridgehead atoms. The van der Waals surface area contributed by atoms with E-state index in [0.717, 1.165) is 50.3 Å². The lowest BCUT2D eigenvalue weighted by Crippen LogP contribution is -2.70. The largest absolute Gasteiger partial charge is 0.486 e. The molecule has 3 N–H and O–H groups in total. The summed E-state index contributed by atoms with van der Waals surface area (Å²) in [6.07, 6.45) is 7.55. The van der Waals surface area contributed by atoms with E-state index in [1.54, 1.807) is 0 Å². The first-order valence-corrected chi connectivity index (χ1v) is 14.6. The van der Waals surface area contributed by atoms with Crippen LogP contribution in [0.3, 0.4) is 0 Å². The van der Waals surface area contributed by atoms with Crippen molar-refractivity contribution in [3.63, 3.8) is 0 Å². The molecule has 7 aliphatic rings. The molecular weight excluding hydrogens is 464 g/mol. The van der Waals surface area contributed by atoms with E-state index < -0.39 is 11.5 Å². The molecule has 8 atom stereocenters. The maximum absolute atomic E-state index is 12.6. The fourth-order valence-corrected chi connectivity index (χ4v) is 9.94. The van der Waals surface area contributed by atoms with Crippen LogP contribution in [-0.4, -0.2) is 60.0 Å². The van der Waals surface area contributed by atoms with E-state index in [0.29, 0.717) is 11.6 Å². The van der Waals surface area contributed by atoms with Gasteiger partial charge in [0.25, 0.3) is 5.91 Å². The van der Waals surface area contributed by atoms with Gasteiger partial charge in [-0.3, -0.25) is 9.69 Å². The summed E-state index contributed by atoms with van der Waals surface area (Å²) in [4.78, 5) is 15.4. The Morgan fingerprint density at radius 3 is 2.62 bits per heavy atom.